The number of nitrogens with one attached hydrogen (secondary N) is 1. The van der Waals surface area contributed by atoms with E-state index in [0.29, 0.717) is 12.3 Å². The smallest absolute Gasteiger partial charge is 0.323 e. The number of fused-ring (bicyclic) bond motifs is 1. The summed E-state index contributed by atoms with van der Waals surface area (Å²) in [5.41, 5.74) is 0.750. The molecule has 2 rings (SSSR count). The van der Waals surface area contributed by atoms with E-state index in [9.17, 15) is 4.79 Å². The molecule has 0 aliphatic carbocycles. The summed E-state index contributed by atoms with van der Waals surface area (Å²) in [5.74, 6) is 0.676. The molecule has 0 bridgehead atoms. The molecule has 0 unspecified atom stereocenters. The minimum Gasteiger partial charge on any atom is -0.465 e. The molecule has 5 heteroatoms. The van der Waals surface area contributed by atoms with Crippen molar-refractivity contribution in [3.63, 3.8) is 0 Å². The van der Waals surface area contributed by atoms with Crippen molar-refractivity contribution in [3.05, 3.63) is 24.3 Å². The molecule has 1 aromatic rings. The Kier molecular flexibility index (Phi) is 7.03. The number of carbonyl (C=O) groups is 1. The fraction of sp³-hybridized carbons (Fsp3) is 0.588. The molecule has 122 valence electrons. The van der Waals surface area contributed by atoms with Gasteiger partial charge in [0, 0.05) is 6.54 Å². The van der Waals surface area contributed by atoms with Crippen LogP contribution >= 0.6 is 0 Å². The molecule has 0 saturated carbocycles. The summed E-state index contributed by atoms with van der Waals surface area (Å²) in [7, 11) is 0. The quantitative estimate of drug-likeness (QED) is 0.778. The third kappa shape index (κ3) is 4.91. The van der Waals surface area contributed by atoms with Gasteiger partial charge in [0.05, 0.1) is 5.69 Å². The van der Waals surface area contributed by atoms with Crippen LogP contribution in [0.3, 0.4) is 0 Å². The van der Waals surface area contributed by atoms with Crippen molar-refractivity contribution in [3.8, 4) is 5.75 Å². The number of ether oxygens (including phenoxy) is 2. The number of urea groups is 1. The highest BCUT2D eigenvalue weighted by Gasteiger charge is 2.21. The molecule has 1 aliphatic rings. The first kappa shape index (κ1) is 16.6. The lowest BCUT2D eigenvalue weighted by Gasteiger charge is -2.21. The van der Waals surface area contributed by atoms with E-state index in [1.165, 1.54) is 25.7 Å². The van der Waals surface area contributed by atoms with E-state index >= 15 is 0 Å². The minimum atomic E-state index is -0.133. The zero-order chi connectivity index (χ0) is 15.6. The molecular formula is C17H26N2O3. The number of para-hydroxylation sites is 2. The van der Waals surface area contributed by atoms with Crippen molar-refractivity contribution in [2.75, 3.05) is 25.0 Å². The van der Waals surface area contributed by atoms with Crippen LogP contribution in [0.15, 0.2) is 24.3 Å². The number of hydrogen-bond acceptors (Lipinski definition) is 3. The average molecular weight is 306 g/mol. The maximum Gasteiger partial charge on any atom is 0.323 e. The van der Waals surface area contributed by atoms with Gasteiger partial charge >= 0.3 is 6.03 Å². The van der Waals surface area contributed by atoms with E-state index in [2.05, 4.69) is 12.2 Å². The van der Waals surface area contributed by atoms with Crippen molar-refractivity contribution < 1.29 is 14.3 Å². The molecule has 0 radical (unpaired) electrons. The third-order valence-corrected chi connectivity index (χ3v) is 3.73. The normalized spacial score (nSPS) is 14.0. The zero-order valence-electron chi connectivity index (χ0n) is 13.3. The molecule has 1 aliphatic heterocycles. The number of benzene rings is 1. The Labute approximate surface area is 132 Å². The second kappa shape index (κ2) is 9.30. The van der Waals surface area contributed by atoms with Crippen LogP contribution in [0, 0.1) is 0 Å². The van der Waals surface area contributed by atoms with Crippen molar-refractivity contribution in [2.24, 2.45) is 0 Å². The van der Waals surface area contributed by atoms with E-state index in [0.717, 1.165) is 18.5 Å². The number of unbranched alkanes of at least 4 members (excludes halogenated alkanes) is 5. The molecule has 1 aromatic carbocycles. The Bertz CT molecular complexity index is 465. The number of carbonyl (C=O) groups excluding carboxylic acids is 1. The second-order valence-electron chi connectivity index (χ2n) is 5.49. The van der Waals surface area contributed by atoms with E-state index in [4.69, 9.17) is 9.47 Å². The number of rotatable bonds is 7. The third-order valence-electron chi connectivity index (χ3n) is 3.73. The number of anilines is 1. The van der Waals surface area contributed by atoms with Crippen molar-refractivity contribution in [1.82, 2.24) is 5.32 Å². The molecule has 2 amide bonds. The van der Waals surface area contributed by atoms with E-state index < -0.39 is 0 Å². The fourth-order valence-electron chi connectivity index (χ4n) is 2.47. The van der Waals surface area contributed by atoms with Gasteiger partial charge in [-0.25, -0.2) is 4.79 Å². The largest absolute Gasteiger partial charge is 0.465 e. The maximum absolute atomic E-state index is 12.3. The lowest BCUT2D eigenvalue weighted by atomic mass is 10.1. The highest BCUT2D eigenvalue weighted by Crippen LogP contribution is 2.29. The number of hydrogen-bond donors (Lipinski definition) is 1. The van der Waals surface area contributed by atoms with Crippen LogP contribution in [-0.2, 0) is 4.74 Å². The zero-order valence-corrected chi connectivity index (χ0v) is 13.3. The minimum absolute atomic E-state index is 0.133. The van der Waals surface area contributed by atoms with Gasteiger partial charge in [0.2, 0.25) is 0 Å². The topological polar surface area (TPSA) is 50.8 Å². The monoisotopic (exact) mass is 306 g/mol. The van der Waals surface area contributed by atoms with Crippen LogP contribution in [0.25, 0.3) is 0 Å². The Hall–Kier alpha value is -1.75. The molecule has 0 saturated heterocycles. The van der Waals surface area contributed by atoms with Crippen LogP contribution in [0.4, 0.5) is 10.5 Å². The molecular weight excluding hydrogens is 280 g/mol. The van der Waals surface area contributed by atoms with Gasteiger partial charge in [-0.3, -0.25) is 4.90 Å². The Balaban J connectivity index is 1.77. The molecule has 0 aromatic heterocycles. The first-order chi connectivity index (χ1) is 10.8. The van der Waals surface area contributed by atoms with Crippen LogP contribution < -0.4 is 15.0 Å². The SMILES string of the molecule is CCCCCCCCNC(=O)N1COCOc2ccccc21. The highest BCUT2D eigenvalue weighted by atomic mass is 16.7. The molecule has 0 atom stereocenters. The average Bonchev–Trinajstić information content (AvgIpc) is 2.76. The summed E-state index contributed by atoms with van der Waals surface area (Å²) in [6.45, 7) is 3.28. The van der Waals surface area contributed by atoms with E-state index in [1.54, 1.807) is 4.90 Å². The molecule has 5 nitrogen and oxygen atoms in total. The van der Waals surface area contributed by atoms with Gasteiger partial charge in [-0.05, 0) is 18.6 Å². The molecule has 1 heterocycles. The lowest BCUT2D eigenvalue weighted by Crippen LogP contribution is -2.41. The summed E-state index contributed by atoms with van der Waals surface area (Å²) in [6.07, 6.45) is 7.27. The maximum atomic E-state index is 12.3. The van der Waals surface area contributed by atoms with Crippen LogP contribution in [-0.4, -0.2) is 26.1 Å². The van der Waals surface area contributed by atoms with Gasteiger partial charge in [-0.15, -0.1) is 0 Å². The summed E-state index contributed by atoms with van der Waals surface area (Å²) in [6, 6.07) is 7.36. The second-order valence-corrected chi connectivity index (χ2v) is 5.49. The van der Waals surface area contributed by atoms with E-state index in [-0.39, 0.29) is 19.6 Å². The Morgan fingerprint density at radius 1 is 1.18 bits per heavy atom. The summed E-state index contributed by atoms with van der Waals surface area (Å²) in [5, 5.41) is 2.96. The summed E-state index contributed by atoms with van der Waals surface area (Å²) < 4.78 is 10.8. The molecule has 1 N–H and O–H groups in total. The van der Waals surface area contributed by atoms with Crippen LogP contribution in [0.5, 0.6) is 5.75 Å². The number of amides is 2. The van der Waals surface area contributed by atoms with Crippen LogP contribution in [0.1, 0.15) is 45.4 Å². The molecule has 0 fully saturated rings. The van der Waals surface area contributed by atoms with Gasteiger partial charge in [0.15, 0.2) is 6.79 Å². The lowest BCUT2D eigenvalue weighted by molar-refractivity contribution is 0.0264. The fourth-order valence-corrected chi connectivity index (χ4v) is 2.47. The van der Waals surface area contributed by atoms with Crippen LogP contribution in [0.2, 0.25) is 0 Å². The number of nitrogens with zero attached hydrogens (tertiary/aromatic N) is 1. The van der Waals surface area contributed by atoms with Crippen molar-refractivity contribution >= 4 is 11.7 Å². The van der Waals surface area contributed by atoms with Crippen molar-refractivity contribution in [1.29, 1.82) is 0 Å². The van der Waals surface area contributed by atoms with Gasteiger partial charge in [0.1, 0.15) is 12.5 Å². The molecule has 22 heavy (non-hydrogen) atoms. The van der Waals surface area contributed by atoms with Crippen molar-refractivity contribution in [2.45, 2.75) is 45.4 Å². The first-order valence-corrected chi connectivity index (χ1v) is 8.18. The predicted octanol–water partition coefficient (Wildman–Crippen LogP) is 3.89. The summed E-state index contributed by atoms with van der Waals surface area (Å²) >= 11 is 0. The Morgan fingerprint density at radius 2 is 1.95 bits per heavy atom. The first-order valence-electron chi connectivity index (χ1n) is 8.18. The molecule has 0 spiro atoms. The predicted molar refractivity (Wildman–Crippen MR) is 87.1 cm³/mol. The van der Waals surface area contributed by atoms with Gasteiger partial charge in [0.25, 0.3) is 0 Å². The Morgan fingerprint density at radius 3 is 2.82 bits per heavy atom. The standard InChI is InChI=1S/C17H26N2O3/c1-2-3-4-5-6-9-12-18-17(20)19-13-21-14-22-16-11-8-7-10-15(16)19/h7-8,10-11H,2-6,9,12-14H2,1H3,(H,18,20). The van der Waals surface area contributed by atoms with E-state index in [1.807, 2.05) is 24.3 Å². The van der Waals surface area contributed by atoms with Gasteiger partial charge in [-0.1, -0.05) is 51.2 Å². The van der Waals surface area contributed by atoms with Gasteiger partial charge in [-0.2, -0.15) is 0 Å². The van der Waals surface area contributed by atoms with Gasteiger partial charge < -0.3 is 14.8 Å². The summed E-state index contributed by atoms with van der Waals surface area (Å²) in [4.78, 5) is 13.9. The highest BCUT2D eigenvalue weighted by molar-refractivity contribution is 5.93.